The van der Waals surface area contributed by atoms with Crippen molar-refractivity contribution >= 4 is 16.9 Å². The van der Waals surface area contributed by atoms with Gasteiger partial charge in [0.05, 0.1) is 5.69 Å². The molecular weight excluding hydrogens is 152 g/mol. The van der Waals surface area contributed by atoms with E-state index in [1.165, 1.54) is 0 Å². The standard InChI is InChI=1S/C8H10N4/c1-5-11-8-7(12(5)2)6(9)3-4-10-8/h3-4H,1-2H3,(H2,9,10). The van der Waals surface area contributed by atoms with E-state index < -0.39 is 0 Å². The topological polar surface area (TPSA) is 56.7 Å². The van der Waals surface area contributed by atoms with Crippen LogP contribution >= 0.6 is 0 Å². The highest BCUT2D eigenvalue weighted by molar-refractivity contribution is 5.84. The molecule has 2 N–H and O–H groups in total. The molecule has 0 saturated heterocycles. The number of nitrogen functional groups attached to an aromatic ring is 1. The van der Waals surface area contributed by atoms with Crippen LogP contribution in [-0.2, 0) is 7.05 Å². The van der Waals surface area contributed by atoms with Crippen LogP contribution in [0.15, 0.2) is 12.3 Å². The average molecular weight is 162 g/mol. The molecule has 0 aromatic carbocycles. The number of pyridine rings is 1. The molecule has 62 valence electrons. The van der Waals surface area contributed by atoms with Crippen molar-refractivity contribution < 1.29 is 0 Å². The van der Waals surface area contributed by atoms with Gasteiger partial charge in [0.15, 0.2) is 5.65 Å². The van der Waals surface area contributed by atoms with Crippen LogP contribution in [0.4, 0.5) is 5.69 Å². The molecule has 2 rings (SSSR count). The van der Waals surface area contributed by atoms with E-state index in [1.807, 2.05) is 18.5 Å². The van der Waals surface area contributed by atoms with E-state index >= 15 is 0 Å². The van der Waals surface area contributed by atoms with Gasteiger partial charge in [-0.25, -0.2) is 9.97 Å². The van der Waals surface area contributed by atoms with Crippen molar-refractivity contribution in [3.63, 3.8) is 0 Å². The fraction of sp³-hybridized carbons (Fsp3) is 0.250. The maximum atomic E-state index is 5.77. The number of anilines is 1. The quantitative estimate of drug-likeness (QED) is 0.625. The smallest absolute Gasteiger partial charge is 0.180 e. The van der Waals surface area contributed by atoms with Gasteiger partial charge >= 0.3 is 0 Å². The Labute approximate surface area is 70.0 Å². The van der Waals surface area contributed by atoms with Crippen molar-refractivity contribution in [3.05, 3.63) is 18.1 Å². The number of aryl methyl sites for hydroxylation is 2. The van der Waals surface area contributed by atoms with Gasteiger partial charge in [0.25, 0.3) is 0 Å². The summed E-state index contributed by atoms with van der Waals surface area (Å²) < 4.78 is 1.94. The highest BCUT2D eigenvalue weighted by Gasteiger charge is 2.06. The lowest BCUT2D eigenvalue weighted by atomic mass is 10.4. The molecule has 4 heteroatoms. The van der Waals surface area contributed by atoms with Crippen LogP contribution < -0.4 is 5.73 Å². The summed E-state index contributed by atoms with van der Waals surface area (Å²) in [7, 11) is 1.93. The van der Waals surface area contributed by atoms with Crippen molar-refractivity contribution in [2.24, 2.45) is 7.05 Å². The van der Waals surface area contributed by atoms with Crippen LogP contribution in [0.5, 0.6) is 0 Å². The Balaban J connectivity index is 2.97. The highest BCUT2D eigenvalue weighted by Crippen LogP contribution is 2.17. The van der Waals surface area contributed by atoms with Crippen molar-refractivity contribution in [3.8, 4) is 0 Å². The monoisotopic (exact) mass is 162 g/mol. The number of imidazole rings is 1. The van der Waals surface area contributed by atoms with Crippen LogP contribution in [0.2, 0.25) is 0 Å². The van der Waals surface area contributed by atoms with Gasteiger partial charge in [-0.15, -0.1) is 0 Å². The molecule has 0 unspecified atom stereocenters. The minimum absolute atomic E-state index is 0.718. The second kappa shape index (κ2) is 2.20. The molecule has 12 heavy (non-hydrogen) atoms. The number of hydrogen-bond acceptors (Lipinski definition) is 3. The van der Waals surface area contributed by atoms with E-state index in [1.54, 1.807) is 12.3 Å². The van der Waals surface area contributed by atoms with Gasteiger partial charge in [-0.3, -0.25) is 0 Å². The van der Waals surface area contributed by atoms with Crippen molar-refractivity contribution in [2.75, 3.05) is 5.73 Å². The first kappa shape index (κ1) is 7.09. The second-order valence-electron chi connectivity index (χ2n) is 2.79. The number of nitrogens with two attached hydrogens (primary N) is 1. The minimum atomic E-state index is 0.718. The third-order valence-corrected chi connectivity index (χ3v) is 2.02. The summed E-state index contributed by atoms with van der Waals surface area (Å²) in [6.45, 7) is 1.93. The molecule has 0 atom stereocenters. The zero-order valence-electron chi connectivity index (χ0n) is 7.07. The van der Waals surface area contributed by atoms with Crippen LogP contribution in [0.3, 0.4) is 0 Å². The largest absolute Gasteiger partial charge is 0.397 e. The Morgan fingerprint density at radius 3 is 2.92 bits per heavy atom. The summed E-state index contributed by atoms with van der Waals surface area (Å²) in [5.41, 5.74) is 8.12. The van der Waals surface area contributed by atoms with Gasteiger partial charge < -0.3 is 10.3 Å². The summed E-state index contributed by atoms with van der Waals surface area (Å²) in [5.74, 6) is 0.926. The first-order chi connectivity index (χ1) is 5.70. The molecule has 0 saturated carbocycles. The van der Waals surface area contributed by atoms with Gasteiger partial charge in [-0.1, -0.05) is 0 Å². The Kier molecular flexibility index (Phi) is 1.30. The van der Waals surface area contributed by atoms with Gasteiger partial charge in [-0.05, 0) is 13.0 Å². The van der Waals surface area contributed by atoms with Crippen molar-refractivity contribution in [2.45, 2.75) is 6.92 Å². The summed E-state index contributed by atoms with van der Waals surface area (Å²) in [5, 5.41) is 0. The first-order valence-electron chi connectivity index (χ1n) is 3.73. The molecular formula is C8H10N4. The predicted molar refractivity (Wildman–Crippen MR) is 47.7 cm³/mol. The lowest BCUT2D eigenvalue weighted by Crippen LogP contribution is -1.94. The van der Waals surface area contributed by atoms with Crippen LogP contribution in [-0.4, -0.2) is 14.5 Å². The van der Waals surface area contributed by atoms with Gasteiger partial charge in [0, 0.05) is 13.2 Å². The van der Waals surface area contributed by atoms with Crippen molar-refractivity contribution in [1.82, 2.24) is 14.5 Å². The maximum Gasteiger partial charge on any atom is 0.180 e. The molecule has 4 nitrogen and oxygen atoms in total. The minimum Gasteiger partial charge on any atom is -0.397 e. The number of fused-ring (bicyclic) bond motifs is 1. The number of hydrogen-bond donors (Lipinski definition) is 1. The summed E-state index contributed by atoms with van der Waals surface area (Å²) >= 11 is 0. The number of rotatable bonds is 0. The van der Waals surface area contributed by atoms with Crippen LogP contribution in [0, 0.1) is 6.92 Å². The zero-order chi connectivity index (χ0) is 8.72. The zero-order valence-corrected chi connectivity index (χ0v) is 7.07. The fourth-order valence-electron chi connectivity index (χ4n) is 1.27. The van der Waals surface area contributed by atoms with E-state index in [-0.39, 0.29) is 0 Å². The van der Waals surface area contributed by atoms with E-state index in [0.29, 0.717) is 0 Å². The lowest BCUT2D eigenvalue weighted by molar-refractivity contribution is 0.886. The molecule has 0 aliphatic carbocycles. The lowest BCUT2D eigenvalue weighted by Gasteiger charge is -1.98. The second-order valence-corrected chi connectivity index (χ2v) is 2.79. The van der Waals surface area contributed by atoms with E-state index in [0.717, 1.165) is 22.7 Å². The molecule has 0 aliphatic rings. The van der Waals surface area contributed by atoms with E-state index in [2.05, 4.69) is 9.97 Å². The number of aromatic nitrogens is 3. The Hall–Kier alpha value is -1.58. The molecule has 0 aliphatic heterocycles. The number of nitrogens with zero attached hydrogens (tertiary/aromatic N) is 3. The molecule has 2 heterocycles. The molecule has 2 aromatic heterocycles. The normalized spacial score (nSPS) is 10.8. The molecule has 0 spiro atoms. The third kappa shape index (κ3) is 0.777. The highest BCUT2D eigenvalue weighted by atomic mass is 15.1. The Morgan fingerprint density at radius 1 is 1.50 bits per heavy atom. The molecule has 0 bridgehead atoms. The predicted octanol–water partition coefficient (Wildman–Crippen LogP) is 0.859. The molecule has 0 fully saturated rings. The summed E-state index contributed by atoms with van der Waals surface area (Å²) in [4.78, 5) is 8.36. The van der Waals surface area contributed by atoms with Gasteiger partial charge in [-0.2, -0.15) is 0 Å². The molecule has 0 radical (unpaired) electrons. The van der Waals surface area contributed by atoms with Crippen molar-refractivity contribution in [1.29, 1.82) is 0 Å². The first-order valence-corrected chi connectivity index (χ1v) is 3.73. The fourth-order valence-corrected chi connectivity index (χ4v) is 1.27. The SMILES string of the molecule is Cc1nc2nccc(N)c2n1C. The summed E-state index contributed by atoms with van der Waals surface area (Å²) in [6, 6.07) is 1.78. The van der Waals surface area contributed by atoms with Crippen LogP contribution in [0.25, 0.3) is 11.2 Å². The third-order valence-electron chi connectivity index (χ3n) is 2.02. The maximum absolute atomic E-state index is 5.77. The van der Waals surface area contributed by atoms with E-state index in [4.69, 9.17) is 5.73 Å². The van der Waals surface area contributed by atoms with Gasteiger partial charge in [0.1, 0.15) is 11.3 Å². The Morgan fingerprint density at radius 2 is 2.25 bits per heavy atom. The van der Waals surface area contributed by atoms with Gasteiger partial charge in [0.2, 0.25) is 0 Å². The molecule has 0 amide bonds. The Bertz CT molecular complexity index is 430. The molecule has 2 aromatic rings. The van der Waals surface area contributed by atoms with Crippen LogP contribution in [0.1, 0.15) is 5.82 Å². The van der Waals surface area contributed by atoms with E-state index in [9.17, 15) is 0 Å². The average Bonchev–Trinajstić information content (AvgIpc) is 2.29. The summed E-state index contributed by atoms with van der Waals surface area (Å²) in [6.07, 6.45) is 1.67.